The van der Waals surface area contributed by atoms with Gasteiger partial charge in [-0.1, -0.05) is 6.58 Å². The lowest BCUT2D eigenvalue weighted by molar-refractivity contribution is 0.702. The van der Waals surface area contributed by atoms with Crippen LogP contribution in [0.5, 0.6) is 0 Å². The van der Waals surface area contributed by atoms with Crippen molar-refractivity contribution in [2.24, 2.45) is 16.5 Å². The molecule has 0 bridgehead atoms. The Balaban J connectivity index is 2.94. The van der Waals surface area contributed by atoms with Crippen LogP contribution in [0.4, 0.5) is 0 Å². The summed E-state index contributed by atoms with van der Waals surface area (Å²) in [6.07, 6.45) is 6.79. The van der Waals surface area contributed by atoms with Gasteiger partial charge >= 0.3 is 0 Å². The molecule has 0 aromatic rings. The van der Waals surface area contributed by atoms with Gasteiger partial charge in [-0.15, -0.1) is 0 Å². The Morgan fingerprint density at radius 2 is 2.25 bits per heavy atom. The van der Waals surface area contributed by atoms with E-state index in [9.17, 15) is 0 Å². The van der Waals surface area contributed by atoms with E-state index in [4.69, 9.17) is 11.5 Å². The molecule has 1 aliphatic heterocycles. The minimum absolute atomic E-state index is 0.292. The predicted octanol–water partition coefficient (Wildman–Crippen LogP) is 1.24. The molecule has 1 rings (SSSR count). The van der Waals surface area contributed by atoms with Crippen molar-refractivity contribution >= 4 is 17.6 Å². The quantitative estimate of drug-likeness (QED) is 0.773. The maximum Gasteiger partial charge on any atom is 0.143 e. The first-order valence-corrected chi connectivity index (χ1v) is 6.37. The van der Waals surface area contributed by atoms with E-state index in [0.29, 0.717) is 5.82 Å². The monoisotopic (exact) mass is 238 g/mol. The normalized spacial score (nSPS) is 20.6. The van der Waals surface area contributed by atoms with Crippen LogP contribution in [-0.2, 0) is 0 Å². The second kappa shape index (κ2) is 5.65. The molecule has 0 saturated heterocycles. The second-order valence-electron chi connectivity index (χ2n) is 3.54. The molecule has 0 fully saturated rings. The molecule has 1 heterocycles. The van der Waals surface area contributed by atoms with Crippen molar-refractivity contribution in [1.29, 1.82) is 0 Å². The molecule has 16 heavy (non-hydrogen) atoms. The van der Waals surface area contributed by atoms with E-state index in [2.05, 4.69) is 17.8 Å². The fourth-order valence-electron chi connectivity index (χ4n) is 1.39. The third-order valence-electron chi connectivity index (χ3n) is 2.21. The summed E-state index contributed by atoms with van der Waals surface area (Å²) in [4.78, 5) is 6.07. The van der Waals surface area contributed by atoms with E-state index < -0.39 is 0 Å². The molecule has 0 radical (unpaired) electrons. The number of allylic oxidation sites excluding steroid dienone is 1. The zero-order valence-electron chi connectivity index (χ0n) is 9.73. The molecule has 0 spiro atoms. The molecule has 0 aliphatic carbocycles. The minimum atomic E-state index is 0.292. The molecule has 88 valence electrons. The van der Waals surface area contributed by atoms with Crippen molar-refractivity contribution in [1.82, 2.24) is 4.90 Å². The highest BCUT2D eigenvalue weighted by atomic mass is 32.2. The molecular weight excluding hydrogens is 220 g/mol. The number of amidine groups is 1. The van der Waals surface area contributed by atoms with Crippen LogP contribution >= 0.6 is 11.8 Å². The lowest BCUT2D eigenvalue weighted by Gasteiger charge is -2.12. The number of hydrogen-bond acceptors (Lipinski definition) is 4. The van der Waals surface area contributed by atoms with Gasteiger partial charge in [0.05, 0.1) is 0 Å². The highest BCUT2D eigenvalue weighted by Crippen LogP contribution is 2.18. The number of thioether (sulfide) groups is 1. The highest BCUT2D eigenvalue weighted by molar-refractivity contribution is 7.98. The molecule has 5 heteroatoms. The van der Waals surface area contributed by atoms with Crippen LogP contribution in [0.15, 0.2) is 40.9 Å². The van der Waals surface area contributed by atoms with E-state index in [1.807, 2.05) is 24.2 Å². The fourth-order valence-corrected chi connectivity index (χ4v) is 1.82. The van der Waals surface area contributed by atoms with Crippen LogP contribution in [0.3, 0.4) is 0 Å². The second-order valence-corrected chi connectivity index (χ2v) is 4.52. The fraction of sp³-hybridized carbons (Fsp3) is 0.364. The standard InChI is InChI=1S/C11H18N4S/c1-8(12)14-11-9(4-6-15(11)2)10(13)5-7-16-3/h4,6H,1,5,7,12-13H2,2-3H3/b10-9-,14-11+. The largest absolute Gasteiger partial charge is 0.401 e. The third kappa shape index (κ3) is 3.06. The van der Waals surface area contributed by atoms with Crippen molar-refractivity contribution in [3.05, 3.63) is 35.9 Å². The molecule has 1 aliphatic rings. The van der Waals surface area contributed by atoms with Crippen molar-refractivity contribution in [2.45, 2.75) is 6.42 Å². The molecule has 4 nitrogen and oxygen atoms in total. The molecule has 0 amide bonds. The summed E-state index contributed by atoms with van der Waals surface area (Å²) in [6, 6.07) is 0. The maximum atomic E-state index is 6.03. The van der Waals surface area contributed by atoms with Crippen LogP contribution in [0.25, 0.3) is 0 Å². The zero-order chi connectivity index (χ0) is 12.1. The SMILES string of the molecule is C=C(N)/N=C1\C(=C(/N)CCSC)C=CN1C. The van der Waals surface area contributed by atoms with Crippen molar-refractivity contribution in [3.8, 4) is 0 Å². The maximum absolute atomic E-state index is 6.03. The number of aliphatic imine (C=N–C) groups is 1. The Hall–Kier alpha value is -1.36. The Labute approximate surface area is 101 Å². The van der Waals surface area contributed by atoms with Crippen molar-refractivity contribution < 1.29 is 0 Å². The van der Waals surface area contributed by atoms with Gasteiger partial charge in [0.25, 0.3) is 0 Å². The first-order valence-electron chi connectivity index (χ1n) is 4.98. The van der Waals surface area contributed by atoms with Crippen LogP contribution in [0.2, 0.25) is 0 Å². The molecule has 0 saturated carbocycles. The minimum Gasteiger partial charge on any atom is -0.401 e. The van der Waals surface area contributed by atoms with Gasteiger partial charge in [0.15, 0.2) is 0 Å². The lowest BCUT2D eigenvalue weighted by atomic mass is 10.1. The van der Waals surface area contributed by atoms with Crippen LogP contribution in [0, 0.1) is 0 Å². The number of hydrogen-bond donors (Lipinski definition) is 2. The molecule has 0 aromatic heterocycles. The van der Waals surface area contributed by atoms with E-state index >= 15 is 0 Å². The smallest absolute Gasteiger partial charge is 0.143 e. The van der Waals surface area contributed by atoms with E-state index in [-0.39, 0.29) is 0 Å². The lowest BCUT2D eigenvalue weighted by Crippen LogP contribution is -2.21. The summed E-state index contributed by atoms with van der Waals surface area (Å²) < 4.78 is 0. The summed E-state index contributed by atoms with van der Waals surface area (Å²) in [5.41, 5.74) is 13.3. The number of rotatable bonds is 4. The summed E-state index contributed by atoms with van der Waals surface area (Å²) in [6.45, 7) is 3.58. The van der Waals surface area contributed by atoms with E-state index in [0.717, 1.165) is 29.3 Å². The molecule has 4 N–H and O–H groups in total. The Kier molecular flexibility index (Phi) is 4.49. The number of likely N-dealkylation sites (N-methyl/N-ethyl adjacent to an activating group) is 1. The average Bonchev–Trinajstić information content (AvgIpc) is 2.56. The molecule has 0 atom stereocenters. The summed E-state index contributed by atoms with van der Waals surface area (Å²) >= 11 is 1.77. The summed E-state index contributed by atoms with van der Waals surface area (Å²) in [5.74, 6) is 2.07. The molecule has 0 unspecified atom stereocenters. The van der Waals surface area contributed by atoms with Crippen LogP contribution in [-0.4, -0.2) is 29.8 Å². The Morgan fingerprint density at radius 1 is 1.56 bits per heavy atom. The van der Waals surface area contributed by atoms with E-state index in [1.54, 1.807) is 11.8 Å². The summed E-state index contributed by atoms with van der Waals surface area (Å²) in [5, 5.41) is 0. The summed E-state index contributed by atoms with van der Waals surface area (Å²) in [7, 11) is 1.91. The van der Waals surface area contributed by atoms with Gasteiger partial charge in [0.1, 0.15) is 11.7 Å². The van der Waals surface area contributed by atoms with Gasteiger partial charge < -0.3 is 16.4 Å². The first kappa shape index (κ1) is 12.7. The third-order valence-corrected chi connectivity index (χ3v) is 2.82. The average molecular weight is 238 g/mol. The number of nitrogens with zero attached hydrogens (tertiary/aromatic N) is 2. The van der Waals surface area contributed by atoms with Crippen LogP contribution in [0.1, 0.15) is 6.42 Å². The van der Waals surface area contributed by atoms with E-state index in [1.165, 1.54) is 0 Å². The highest BCUT2D eigenvalue weighted by Gasteiger charge is 2.17. The topological polar surface area (TPSA) is 67.6 Å². The van der Waals surface area contributed by atoms with Gasteiger partial charge in [-0.25, -0.2) is 4.99 Å². The van der Waals surface area contributed by atoms with Crippen molar-refractivity contribution in [2.75, 3.05) is 19.1 Å². The van der Waals surface area contributed by atoms with Crippen molar-refractivity contribution in [3.63, 3.8) is 0 Å². The van der Waals surface area contributed by atoms with Gasteiger partial charge in [-0.3, -0.25) is 0 Å². The zero-order valence-corrected chi connectivity index (χ0v) is 10.5. The van der Waals surface area contributed by atoms with Gasteiger partial charge in [0.2, 0.25) is 0 Å². The number of nitrogens with two attached hydrogens (primary N) is 2. The van der Waals surface area contributed by atoms with Gasteiger partial charge in [0, 0.05) is 24.5 Å². The molecule has 0 aromatic carbocycles. The Morgan fingerprint density at radius 3 is 2.81 bits per heavy atom. The van der Waals surface area contributed by atoms with Crippen LogP contribution < -0.4 is 11.5 Å². The predicted molar refractivity (Wildman–Crippen MR) is 71.9 cm³/mol. The molecular formula is C11H18N4S. The van der Waals surface area contributed by atoms with Gasteiger partial charge in [-0.2, -0.15) is 11.8 Å². The Bertz CT molecular complexity index is 368. The van der Waals surface area contributed by atoms with Gasteiger partial charge in [-0.05, 0) is 24.5 Å². The first-order chi connectivity index (χ1) is 7.56.